The summed E-state index contributed by atoms with van der Waals surface area (Å²) in [6.07, 6.45) is 2.17. The molecule has 1 fully saturated rings. The summed E-state index contributed by atoms with van der Waals surface area (Å²) in [4.78, 5) is 23.9. The van der Waals surface area contributed by atoms with Crippen LogP contribution in [0.5, 0.6) is 11.5 Å². The molecule has 0 aliphatic carbocycles. The molecule has 0 unspecified atom stereocenters. The Hall–Kier alpha value is -3.55. The average molecular weight is 539 g/mol. The van der Waals surface area contributed by atoms with E-state index in [2.05, 4.69) is 0 Å². The van der Waals surface area contributed by atoms with Crippen LogP contribution in [-0.4, -0.2) is 44.5 Å². The number of hydrogen-bond donors (Lipinski definition) is 0. The maximum absolute atomic E-state index is 12.1. The molecule has 3 aromatic carbocycles. The number of rotatable bonds is 11. The molecule has 0 N–H and O–H groups in total. The zero-order valence-corrected chi connectivity index (χ0v) is 22.0. The molecule has 1 saturated heterocycles. The summed E-state index contributed by atoms with van der Waals surface area (Å²) in [6, 6.07) is 22.6. The minimum Gasteiger partial charge on any atom is -0.494 e. The standard InChI is InChI=1S/C30H31ClO7/c1-2-34-24-14-11-21(12-15-24)26-17-22(13-16-27(26)31)28-10-6-9-25(38-28)18-36-30(33)20-37-29(32)19-35-23-7-4-3-5-8-23/h3-5,7-8,11-17,25,28H,2,6,9-10,18-20H2,1H3/t25-,28+/m1/s1. The number of carbonyl (C=O) groups excluding carboxylic acids is 2. The van der Waals surface area contributed by atoms with Gasteiger partial charge in [0, 0.05) is 10.6 Å². The molecule has 1 heterocycles. The highest BCUT2D eigenvalue weighted by molar-refractivity contribution is 6.33. The first kappa shape index (κ1) is 27.5. The van der Waals surface area contributed by atoms with Crippen LogP contribution in [0, 0.1) is 0 Å². The van der Waals surface area contributed by atoms with Gasteiger partial charge in [-0.2, -0.15) is 0 Å². The fourth-order valence-corrected chi connectivity index (χ4v) is 4.42. The Bertz CT molecular complexity index is 1200. The van der Waals surface area contributed by atoms with Crippen molar-refractivity contribution >= 4 is 23.5 Å². The summed E-state index contributed by atoms with van der Waals surface area (Å²) >= 11 is 6.51. The van der Waals surface area contributed by atoms with Crippen LogP contribution >= 0.6 is 11.6 Å². The van der Waals surface area contributed by atoms with Gasteiger partial charge in [-0.1, -0.05) is 48.0 Å². The monoisotopic (exact) mass is 538 g/mol. The number of para-hydroxylation sites is 1. The van der Waals surface area contributed by atoms with Gasteiger partial charge in [-0.15, -0.1) is 0 Å². The zero-order chi connectivity index (χ0) is 26.7. The maximum atomic E-state index is 12.1. The van der Waals surface area contributed by atoms with Gasteiger partial charge in [0.25, 0.3) is 0 Å². The molecule has 0 amide bonds. The molecule has 38 heavy (non-hydrogen) atoms. The highest BCUT2D eigenvalue weighted by Crippen LogP contribution is 2.36. The van der Waals surface area contributed by atoms with Gasteiger partial charge in [0.2, 0.25) is 0 Å². The molecule has 0 aromatic heterocycles. The Kier molecular flexibility index (Phi) is 10.0. The second-order valence-corrected chi connectivity index (χ2v) is 9.23. The molecule has 0 spiro atoms. The third-order valence-corrected chi connectivity index (χ3v) is 6.40. The van der Waals surface area contributed by atoms with Crippen LogP contribution in [0.3, 0.4) is 0 Å². The van der Waals surface area contributed by atoms with Crippen molar-refractivity contribution in [2.75, 3.05) is 26.4 Å². The highest BCUT2D eigenvalue weighted by atomic mass is 35.5. The number of hydrogen-bond acceptors (Lipinski definition) is 7. The minimum absolute atomic E-state index is 0.0900. The van der Waals surface area contributed by atoms with Crippen LogP contribution < -0.4 is 9.47 Å². The minimum atomic E-state index is -0.647. The lowest BCUT2D eigenvalue weighted by Gasteiger charge is -2.30. The summed E-state index contributed by atoms with van der Waals surface area (Å²) in [6.45, 7) is 1.89. The van der Waals surface area contributed by atoms with E-state index >= 15 is 0 Å². The Balaban J connectivity index is 1.25. The lowest BCUT2D eigenvalue weighted by molar-refractivity contribution is -0.164. The third kappa shape index (κ3) is 7.97. The first-order chi connectivity index (χ1) is 18.5. The van der Waals surface area contributed by atoms with Crippen molar-refractivity contribution in [2.45, 2.75) is 38.4 Å². The van der Waals surface area contributed by atoms with Crippen molar-refractivity contribution in [1.82, 2.24) is 0 Å². The summed E-state index contributed by atoms with van der Waals surface area (Å²) < 4.78 is 27.3. The first-order valence-electron chi connectivity index (χ1n) is 12.7. The first-order valence-corrected chi connectivity index (χ1v) is 13.1. The predicted octanol–water partition coefficient (Wildman–Crippen LogP) is 6.18. The lowest BCUT2D eigenvalue weighted by atomic mass is 9.95. The molecule has 0 radical (unpaired) electrons. The van der Waals surface area contributed by atoms with Crippen molar-refractivity contribution in [1.29, 1.82) is 0 Å². The quantitative estimate of drug-likeness (QED) is 0.270. The van der Waals surface area contributed by atoms with E-state index in [-0.39, 0.29) is 25.4 Å². The summed E-state index contributed by atoms with van der Waals surface area (Å²) in [5.41, 5.74) is 2.93. The molecule has 2 atom stereocenters. The van der Waals surface area contributed by atoms with Crippen LogP contribution in [0.15, 0.2) is 72.8 Å². The Morgan fingerprint density at radius 1 is 0.868 bits per heavy atom. The van der Waals surface area contributed by atoms with Gasteiger partial charge in [-0.05, 0) is 73.7 Å². The number of ether oxygens (including phenoxy) is 5. The number of carbonyl (C=O) groups is 2. The molecule has 0 saturated carbocycles. The molecule has 0 bridgehead atoms. The van der Waals surface area contributed by atoms with Gasteiger partial charge in [0.1, 0.15) is 18.1 Å². The second-order valence-electron chi connectivity index (χ2n) is 8.82. The van der Waals surface area contributed by atoms with Crippen molar-refractivity contribution in [3.05, 3.63) is 83.4 Å². The molecule has 1 aliphatic heterocycles. The Labute approximate surface area is 227 Å². The summed E-state index contributed by atoms with van der Waals surface area (Å²) in [5, 5.41) is 0.655. The third-order valence-electron chi connectivity index (χ3n) is 6.07. The van der Waals surface area contributed by atoms with E-state index in [1.807, 2.05) is 55.5 Å². The SMILES string of the molecule is CCOc1ccc(-c2cc([C@@H]3CCC[C@H](COC(=O)COC(=O)COc4ccccc4)O3)ccc2Cl)cc1. The Morgan fingerprint density at radius 3 is 2.37 bits per heavy atom. The van der Waals surface area contributed by atoms with Crippen LogP contribution in [0.25, 0.3) is 11.1 Å². The number of halogens is 1. The number of benzene rings is 3. The average Bonchev–Trinajstić information content (AvgIpc) is 2.95. The summed E-state index contributed by atoms with van der Waals surface area (Å²) in [5.74, 6) is 0.0778. The van der Waals surface area contributed by atoms with E-state index in [0.29, 0.717) is 17.4 Å². The van der Waals surface area contributed by atoms with Crippen LogP contribution in [0.4, 0.5) is 0 Å². The van der Waals surface area contributed by atoms with Gasteiger partial charge in [0.05, 0.1) is 18.8 Å². The molecule has 200 valence electrons. The lowest BCUT2D eigenvalue weighted by Crippen LogP contribution is -2.29. The largest absolute Gasteiger partial charge is 0.494 e. The van der Waals surface area contributed by atoms with Crippen molar-refractivity contribution < 1.29 is 33.3 Å². The van der Waals surface area contributed by atoms with Crippen molar-refractivity contribution in [3.8, 4) is 22.6 Å². The molecule has 8 heteroatoms. The predicted molar refractivity (Wildman–Crippen MR) is 143 cm³/mol. The normalized spacial score (nSPS) is 16.9. The molecular weight excluding hydrogens is 508 g/mol. The highest BCUT2D eigenvalue weighted by Gasteiger charge is 2.25. The van der Waals surface area contributed by atoms with Gasteiger partial charge in [-0.3, -0.25) is 0 Å². The van der Waals surface area contributed by atoms with E-state index in [0.717, 1.165) is 41.7 Å². The van der Waals surface area contributed by atoms with E-state index in [4.69, 9.17) is 35.3 Å². The van der Waals surface area contributed by atoms with Crippen LogP contribution in [-0.2, 0) is 23.8 Å². The number of esters is 2. The fraction of sp³-hybridized carbons (Fsp3) is 0.333. The smallest absolute Gasteiger partial charge is 0.344 e. The van der Waals surface area contributed by atoms with E-state index < -0.39 is 18.5 Å². The van der Waals surface area contributed by atoms with E-state index in [1.165, 1.54) is 0 Å². The topological polar surface area (TPSA) is 80.3 Å². The van der Waals surface area contributed by atoms with Gasteiger partial charge in [-0.25, -0.2) is 9.59 Å². The van der Waals surface area contributed by atoms with Crippen molar-refractivity contribution in [2.24, 2.45) is 0 Å². The molecule has 3 aromatic rings. The van der Waals surface area contributed by atoms with Crippen LogP contribution in [0.2, 0.25) is 5.02 Å². The molecule has 7 nitrogen and oxygen atoms in total. The molecular formula is C30H31ClO7. The Morgan fingerprint density at radius 2 is 1.61 bits per heavy atom. The van der Waals surface area contributed by atoms with E-state index in [9.17, 15) is 9.59 Å². The van der Waals surface area contributed by atoms with E-state index in [1.54, 1.807) is 24.3 Å². The zero-order valence-electron chi connectivity index (χ0n) is 21.3. The van der Waals surface area contributed by atoms with Crippen molar-refractivity contribution in [3.63, 3.8) is 0 Å². The van der Waals surface area contributed by atoms with Gasteiger partial charge < -0.3 is 23.7 Å². The van der Waals surface area contributed by atoms with Crippen LogP contribution in [0.1, 0.15) is 37.9 Å². The van der Waals surface area contributed by atoms with Gasteiger partial charge >= 0.3 is 11.9 Å². The second kappa shape index (κ2) is 13.8. The summed E-state index contributed by atoms with van der Waals surface area (Å²) in [7, 11) is 0. The fourth-order valence-electron chi connectivity index (χ4n) is 4.20. The molecule has 4 rings (SSSR count). The maximum Gasteiger partial charge on any atom is 0.344 e. The van der Waals surface area contributed by atoms with Gasteiger partial charge in [0.15, 0.2) is 13.2 Å². The molecule has 1 aliphatic rings.